The van der Waals surface area contributed by atoms with Gasteiger partial charge in [0.05, 0.1) is 22.4 Å². The lowest BCUT2D eigenvalue weighted by molar-refractivity contribution is 0.00578. The van der Waals surface area contributed by atoms with Crippen LogP contribution in [0.4, 0.5) is 0 Å². The van der Waals surface area contributed by atoms with Crippen molar-refractivity contribution in [3.8, 4) is 101 Å². The summed E-state index contributed by atoms with van der Waals surface area (Å²) in [5.74, 6) is 4.19. The van der Waals surface area contributed by atoms with Crippen molar-refractivity contribution in [2.24, 2.45) is 11.8 Å². The van der Waals surface area contributed by atoms with E-state index >= 15 is 0 Å². The molecule has 0 radical (unpaired) electrons. The number of hydrogen-bond donors (Lipinski definition) is 0. The monoisotopic (exact) mass is 1720 g/mol. The molecule has 10 heteroatoms. The van der Waals surface area contributed by atoms with Gasteiger partial charge in [0, 0.05) is 22.3 Å². The molecule has 4 aliphatic heterocycles. The van der Waals surface area contributed by atoms with Crippen LogP contribution in [-0.4, -0.2) is 50.2 Å². The second-order valence-corrected chi connectivity index (χ2v) is 38.9. The van der Waals surface area contributed by atoms with Crippen LogP contribution in [0.3, 0.4) is 0 Å². The lowest BCUT2D eigenvalue weighted by Crippen LogP contribution is -2.41. The van der Waals surface area contributed by atoms with E-state index in [0.717, 1.165) is 133 Å². The molecule has 22 rings (SSSR count). The molecule has 0 amide bonds. The predicted octanol–water partition coefficient (Wildman–Crippen LogP) is 32.0. The molecule has 6 aliphatic rings. The van der Waals surface area contributed by atoms with Crippen LogP contribution in [0.2, 0.25) is 0 Å². The van der Waals surface area contributed by atoms with Crippen molar-refractivity contribution in [3.05, 3.63) is 372 Å². The van der Waals surface area contributed by atoms with E-state index in [1.54, 1.807) is 0 Å². The Morgan fingerprint density at radius 1 is 0.242 bits per heavy atom. The molecule has 2 aliphatic carbocycles. The summed E-state index contributed by atoms with van der Waals surface area (Å²) in [6, 6.07) is 120. The maximum Gasteiger partial charge on any atom is 0.495 e. The van der Waals surface area contributed by atoms with E-state index in [-0.39, 0.29) is 13.6 Å². The van der Waals surface area contributed by atoms with Crippen LogP contribution in [0.25, 0.3) is 167 Å². The highest BCUT2D eigenvalue weighted by atomic mass is 16.7. The van der Waals surface area contributed by atoms with E-state index in [9.17, 15) is 0 Å². The quantitative estimate of drug-likeness (QED) is 0.0659. The van der Waals surface area contributed by atoms with Crippen molar-refractivity contribution in [1.82, 2.24) is 0 Å². The SMILES string of the molecule is CC1(C)OB(/C(=C/c2ccc3c4c(ccc3c2)OCOc2ccc3cc(/C=C(/B5OC(C)(C)C(C)(C)O5)c5ccc(-c6cccc(-c7cccc(-c8ccc(/C=C(\c9ccc%10c%11c(ccc%10c9)OCOc9ccc%10cc(/C(=C\c%12ccc(-c%13ccccc%13)cc%12)C%12CCCCC%12)ccc%10c9-%11)C9CCCCC9)cc8)c7)c6)cc5)ccc3c2-4)c2ccc(-c3ccccc3)cc2)OC1(C)C. The summed E-state index contributed by atoms with van der Waals surface area (Å²) in [7, 11) is -1.22. The number of benzene rings is 16. The molecule has 650 valence electrons. The summed E-state index contributed by atoms with van der Waals surface area (Å²) in [5.41, 5.74) is 27.5. The molecule has 2 saturated carbocycles. The molecule has 0 aromatic heterocycles. The first-order valence-corrected chi connectivity index (χ1v) is 47.4. The van der Waals surface area contributed by atoms with E-state index in [0.29, 0.717) is 11.8 Å². The molecular weight excluding hydrogens is 1610 g/mol. The number of rotatable bonds is 17. The Labute approximate surface area is 776 Å². The van der Waals surface area contributed by atoms with E-state index < -0.39 is 36.6 Å². The molecule has 16 aromatic rings. The number of allylic oxidation sites excluding steroid dienone is 2. The van der Waals surface area contributed by atoms with Gasteiger partial charge in [-0.25, -0.2) is 0 Å². The zero-order chi connectivity index (χ0) is 89.4. The van der Waals surface area contributed by atoms with Gasteiger partial charge in [-0.3, -0.25) is 0 Å². The van der Waals surface area contributed by atoms with Crippen molar-refractivity contribution < 1.29 is 37.6 Å². The summed E-state index contributed by atoms with van der Waals surface area (Å²) < 4.78 is 53.4. The molecule has 0 atom stereocenters. The summed E-state index contributed by atoms with van der Waals surface area (Å²) in [6.45, 7) is 17.1. The fraction of sp³-hybridized carbons (Fsp3) is 0.213. The Morgan fingerprint density at radius 2 is 0.515 bits per heavy atom. The number of fused-ring (bicyclic) bond motifs is 14. The Morgan fingerprint density at radius 3 is 0.856 bits per heavy atom. The third kappa shape index (κ3) is 16.4. The Kier molecular flexibility index (Phi) is 22.2. The minimum absolute atomic E-state index is 0.0870. The average molecular weight is 1720 g/mol. The van der Waals surface area contributed by atoms with Crippen molar-refractivity contribution >= 4 is 104 Å². The van der Waals surface area contributed by atoms with Crippen LogP contribution in [0.15, 0.2) is 328 Å². The maximum atomic E-state index is 6.93. The van der Waals surface area contributed by atoms with Crippen LogP contribution in [0, 0.1) is 11.8 Å². The zero-order valence-corrected chi connectivity index (χ0v) is 76.5. The number of hydrogen-bond acceptors (Lipinski definition) is 8. The predicted molar refractivity (Wildman–Crippen MR) is 549 cm³/mol. The van der Waals surface area contributed by atoms with Crippen molar-refractivity contribution in [2.75, 3.05) is 13.6 Å². The molecule has 132 heavy (non-hydrogen) atoms. The van der Waals surface area contributed by atoms with Gasteiger partial charge < -0.3 is 37.6 Å². The highest BCUT2D eigenvalue weighted by Crippen LogP contribution is 2.53. The van der Waals surface area contributed by atoms with Gasteiger partial charge in [-0.2, -0.15) is 0 Å². The largest absolute Gasteiger partial charge is 0.495 e. The standard InChI is InChI=1S/C122H108B2O8/c1-119(2)120(3,4)130-123(129-119)109(91-49-45-86(46-50-91)84-25-15-10-16-26-84)71-81-39-59-103-97(67-81)55-63-111-115(103)116-104-60-40-82(68-98(104)56-64-112(116)126-77-125-111)72-110(124-131-121(5,6)122(7,8)132-124)92-51-47-88(48-52-92)94-32-22-34-96(74-94)95-33-21-31-93(73-95)87-43-37-80(38-44-87)70-108(90-29-19-12-20-30-90)102-54-62-106-100(76-102)58-66-114-118(106)117-105-61-53-101(75-99(105)57-65-113(117)127-78-128-114)107(89-27-17-11-18-28-89)69-79-35-41-85(42-36-79)83-23-13-9-14-24-83/h9-10,13-16,21-26,31-76,89-90H,11-12,17-20,27-30,77-78H2,1-8H3/b107-69-,108-70-,109-71+,110-72+. The average Bonchev–Trinajstić information content (AvgIpc) is 1.55. The van der Waals surface area contributed by atoms with Gasteiger partial charge in [0.2, 0.25) is 13.6 Å². The first-order valence-electron chi connectivity index (χ1n) is 47.4. The lowest BCUT2D eigenvalue weighted by atomic mass is 9.72. The van der Waals surface area contributed by atoms with Gasteiger partial charge in [-0.05, 0) is 319 Å². The van der Waals surface area contributed by atoms with Crippen LogP contribution in [-0.2, 0) is 18.6 Å². The molecule has 0 unspecified atom stereocenters. The van der Waals surface area contributed by atoms with Gasteiger partial charge in [0.25, 0.3) is 0 Å². The van der Waals surface area contributed by atoms with Crippen molar-refractivity contribution in [2.45, 2.75) is 142 Å². The Bertz CT molecular complexity index is 7220. The Hall–Kier alpha value is -13.3. The maximum absolute atomic E-state index is 6.93. The van der Waals surface area contributed by atoms with E-state index in [1.807, 2.05) is 6.07 Å². The normalized spacial score (nSPS) is 17.3. The van der Waals surface area contributed by atoms with Gasteiger partial charge in [0.1, 0.15) is 23.0 Å². The topological polar surface area (TPSA) is 73.8 Å². The van der Waals surface area contributed by atoms with Crippen molar-refractivity contribution in [1.29, 1.82) is 0 Å². The minimum atomic E-state index is -0.634. The van der Waals surface area contributed by atoms with E-state index in [2.05, 4.69) is 401 Å². The second kappa shape index (κ2) is 34.8. The highest BCUT2D eigenvalue weighted by Gasteiger charge is 2.54. The molecule has 2 saturated heterocycles. The van der Waals surface area contributed by atoms with Gasteiger partial charge in [-0.1, -0.05) is 330 Å². The van der Waals surface area contributed by atoms with Crippen molar-refractivity contribution in [3.63, 3.8) is 0 Å². The highest BCUT2D eigenvalue weighted by molar-refractivity contribution is 6.71. The fourth-order valence-corrected chi connectivity index (χ4v) is 20.8. The molecule has 0 N–H and O–H groups in total. The smallest absolute Gasteiger partial charge is 0.457 e. The van der Waals surface area contributed by atoms with Gasteiger partial charge in [0.15, 0.2) is 0 Å². The summed E-state index contributed by atoms with van der Waals surface area (Å²) in [6.07, 6.45) is 21.8. The van der Waals surface area contributed by atoms with Crippen LogP contribution < -0.4 is 18.9 Å². The molecule has 0 spiro atoms. The summed E-state index contributed by atoms with van der Waals surface area (Å²) in [5, 5.41) is 8.95. The second-order valence-electron chi connectivity index (χ2n) is 38.9. The minimum Gasteiger partial charge on any atom is -0.457 e. The fourth-order valence-electron chi connectivity index (χ4n) is 20.8. The summed E-state index contributed by atoms with van der Waals surface area (Å²) >= 11 is 0. The third-order valence-electron chi connectivity index (χ3n) is 29.6. The van der Waals surface area contributed by atoms with E-state index in [1.165, 1.54) is 142 Å². The van der Waals surface area contributed by atoms with Crippen LogP contribution >= 0.6 is 0 Å². The van der Waals surface area contributed by atoms with Crippen LogP contribution in [0.1, 0.15) is 164 Å². The first kappa shape index (κ1) is 84.2. The van der Waals surface area contributed by atoms with Gasteiger partial charge >= 0.3 is 14.2 Å². The molecule has 4 heterocycles. The molecule has 0 bridgehead atoms. The molecule has 16 aromatic carbocycles. The third-order valence-corrected chi connectivity index (χ3v) is 29.6. The zero-order valence-electron chi connectivity index (χ0n) is 76.5. The number of ether oxygens (including phenoxy) is 4. The molecular formula is C122H108B2O8. The first-order chi connectivity index (χ1) is 64.3. The van der Waals surface area contributed by atoms with Gasteiger partial charge in [-0.15, -0.1) is 0 Å². The molecule has 8 nitrogen and oxygen atoms in total. The van der Waals surface area contributed by atoms with Crippen LogP contribution in [0.5, 0.6) is 23.0 Å². The van der Waals surface area contributed by atoms with E-state index in [4.69, 9.17) is 37.6 Å². The molecule has 4 fully saturated rings. The Balaban J connectivity index is 0.528. The summed E-state index contributed by atoms with van der Waals surface area (Å²) in [4.78, 5) is 0. The lowest BCUT2D eigenvalue weighted by Gasteiger charge is -2.32.